The zero-order valence-corrected chi connectivity index (χ0v) is 10.5. The zero-order chi connectivity index (χ0) is 11.8. The highest BCUT2D eigenvalue weighted by atomic mass is 79.9. The lowest BCUT2D eigenvalue weighted by molar-refractivity contribution is 1.33. The van der Waals surface area contributed by atoms with E-state index in [4.69, 9.17) is 5.73 Å². The Morgan fingerprint density at radius 2 is 2.06 bits per heavy atom. The maximum atomic E-state index is 5.64. The number of nitrogens with two attached hydrogens (primary N) is 1. The van der Waals surface area contributed by atoms with E-state index in [2.05, 4.69) is 38.0 Å². The highest BCUT2D eigenvalue weighted by Crippen LogP contribution is 2.29. The van der Waals surface area contributed by atoms with Crippen molar-refractivity contribution >= 4 is 32.5 Å². The molecule has 0 saturated heterocycles. The van der Waals surface area contributed by atoms with Crippen LogP contribution < -0.4 is 5.73 Å². The maximum Gasteiger partial charge on any atom is 0.0725 e. The van der Waals surface area contributed by atoms with Crippen LogP contribution in [0.1, 0.15) is 0 Å². The van der Waals surface area contributed by atoms with Crippen molar-refractivity contribution in [2.45, 2.75) is 0 Å². The smallest absolute Gasteiger partial charge is 0.0725 e. The van der Waals surface area contributed by atoms with Crippen LogP contribution in [0, 0.1) is 0 Å². The Kier molecular flexibility index (Phi) is 2.37. The van der Waals surface area contributed by atoms with Gasteiger partial charge in [-0.15, -0.1) is 0 Å². The number of hydrogen-bond donors (Lipinski definition) is 2. The first-order valence-electron chi connectivity index (χ1n) is 5.22. The van der Waals surface area contributed by atoms with Gasteiger partial charge in [0.25, 0.3) is 0 Å². The molecule has 3 aromatic rings. The number of hydrogen-bond acceptors (Lipinski definition) is 2. The number of nitrogens with zero attached hydrogens (tertiary/aromatic N) is 1. The average Bonchev–Trinajstić information content (AvgIpc) is 2.73. The Balaban J connectivity index is 2.21. The van der Waals surface area contributed by atoms with Gasteiger partial charge in [-0.25, -0.2) is 0 Å². The largest absolute Gasteiger partial charge is 0.397 e. The molecule has 4 heteroatoms. The summed E-state index contributed by atoms with van der Waals surface area (Å²) in [6.45, 7) is 0. The number of nitrogen functional groups attached to an aromatic ring is 1. The fourth-order valence-electron chi connectivity index (χ4n) is 1.87. The molecule has 2 aromatic heterocycles. The van der Waals surface area contributed by atoms with E-state index in [-0.39, 0.29) is 0 Å². The Labute approximate surface area is 107 Å². The fraction of sp³-hybridized carbons (Fsp3) is 0. The van der Waals surface area contributed by atoms with Crippen LogP contribution in [0.25, 0.3) is 22.2 Å². The Morgan fingerprint density at radius 3 is 2.82 bits per heavy atom. The predicted molar refractivity (Wildman–Crippen MR) is 73.6 cm³/mol. The monoisotopic (exact) mass is 287 g/mol. The Bertz CT molecular complexity index is 671. The zero-order valence-electron chi connectivity index (χ0n) is 8.94. The van der Waals surface area contributed by atoms with Crippen LogP contribution in [0.4, 0.5) is 5.69 Å². The van der Waals surface area contributed by atoms with E-state index < -0.39 is 0 Å². The first-order chi connectivity index (χ1) is 8.24. The normalized spacial score (nSPS) is 10.9. The Morgan fingerprint density at radius 1 is 1.18 bits per heavy atom. The number of H-pyrrole nitrogens is 1. The van der Waals surface area contributed by atoms with Crippen LogP contribution in [-0.2, 0) is 0 Å². The summed E-state index contributed by atoms with van der Waals surface area (Å²) in [5.74, 6) is 0. The molecule has 17 heavy (non-hydrogen) atoms. The van der Waals surface area contributed by atoms with Crippen LogP contribution in [-0.4, -0.2) is 9.97 Å². The van der Waals surface area contributed by atoms with Crippen molar-refractivity contribution in [2.24, 2.45) is 0 Å². The van der Waals surface area contributed by atoms with Crippen molar-refractivity contribution in [1.82, 2.24) is 9.97 Å². The highest BCUT2D eigenvalue weighted by Gasteiger charge is 2.07. The molecule has 0 aliphatic rings. The van der Waals surface area contributed by atoms with E-state index in [0.717, 1.165) is 26.6 Å². The molecule has 3 rings (SSSR count). The van der Waals surface area contributed by atoms with Crippen molar-refractivity contribution in [3.8, 4) is 11.3 Å². The van der Waals surface area contributed by atoms with Gasteiger partial charge in [-0.3, -0.25) is 4.98 Å². The first kappa shape index (κ1) is 10.4. The summed E-state index contributed by atoms with van der Waals surface area (Å²) in [5.41, 5.74) is 9.42. The molecule has 84 valence electrons. The van der Waals surface area contributed by atoms with Crippen LogP contribution in [0.2, 0.25) is 0 Å². The minimum absolute atomic E-state index is 0.677. The molecule has 0 fully saturated rings. The Hall–Kier alpha value is -1.81. The van der Waals surface area contributed by atoms with Crippen LogP contribution in [0.3, 0.4) is 0 Å². The molecule has 0 aliphatic heterocycles. The maximum absolute atomic E-state index is 5.64. The summed E-state index contributed by atoms with van der Waals surface area (Å²) in [5, 5.41) is 1.16. The van der Waals surface area contributed by atoms with E-state index >= 15 is 0 Å². The van der Waals surface area contributed by atoms with E-state index in [9.17, 15) is 0 Å². The third-order valence-corrected chi connectivity index (χ3v) is 3.20. The summed E-state index contributed by atoms with van der Waals surface area (Å²) in [6.07, 6.45) is 3.64. The molecule has 0 unspecified atom stereocenters. The molecule has 3 N–H and O–H groups in total. The van der Waals surface area contributed by atoms with Gasteiger partial charge in [0, 0.05) is 27.1 Å². The summed E-state index contributed by atoms with van der Waals surface area (Å²) in [7, 11) is 0. The number of rotatable bonds is 1. The first-order valence-corrected chi connectivity index (χ1v) is 6.02. The molecular weight excluding hydrogens is 278 g/mol. The van der Waals surface area contributed by atoms with Gasteiger partial charge in [-0.05, 0) is 24.3 Å². The molecule has 0 aliphatic carbocycles. The molecule has 0 spiro atoms. The second kappa shape index (κ2) is 3.89. The number of anilines is 1. The molecule has 0 amide bonds. The molecule has 0 bridgehead atoms. The SMILES string of the molecule is Nc1ccc(-c2c[nH]c3cc(Br)ccc23)nc1. The average molecular weight is 288 g/mol. The quantitative estimate of drug-likeness (QED) is 0.719. The lowest BCUT2D eigenvalue weighted by Crippen LogP contribution is -1.87. The fourth-order valence-corrected chi connectivity index (χ4v) is 2.24. The summed E-state index contributed by atoms with van der Waals surface area (Å²) < 4.78 is 1.06. The second-order valence-corrected chi connectivity index (χ2v) is 4.78. The van der Waals surface area contributed by atoms with Gasteiger partial charge in [0.05, 0.1) is 17.6 Å². The number of aromatic amines is 1. The highest BCUT2D eigenvalue weighted by molar-refractivity contribution is 9.10. The number of benzene rings is 1. The van der Waals surface area contributed by atoms with Gasteiger partial charge in [-0.2, -0.15) is 0 Å². The van der Waals surface area contributed by atoms with Crippen molar-refractivity contribution < 1.29 is 0 Å². The number of aromatic nitrogens is 2. The van der Waals surface area contributed by atoms with Crippen LogP contribution >= 0.6 is 15.9 Å². The van der Waals surface area contributed by atoms with Crippen LogP contribution in [0.5, 0.6) is 0 Å². The third kappa shape index (κ3) is 1.80. The molecule has 0 radical (unpaired) electrons. The van der Waals surface area contributed by atoms with E-state index in [1.54, 1.807) is 6.20 Å². The molecule has 0 atom stereocenters. The van der Waals surface area contributed by atoms with Gasteiger partial charge < -0.3 is 10.7 Å². The van der Waals surface area contributed by atoms with Crippen molar-refractivity contribution in [2.75, 3.05) is 5.73 Å². The minimum atomic E-state index is 0.677. The van der Waals surface area contributed by atoms with E-state index in [1.165, 1.54) is 0 Å². The van der Waals surface area contributed by atoms with E-state index in [1.807, 2.05) is 24.4 Å². The second-order valence-electron chi connectivity index (χ2n) is 3.87. The minimum Gasteiger partial charge on any atom is -0.397 e. The molecule has 1 aromatic carbocycles. The lowest BCUT2D eigenvalue weighted by Gasteiger charge is -1.99. The molecule has 0 saturated carbocycles. The summed E-state index contributed by atoms with van der Waals surface area (Å²) in [6, 6.07) is 9.94. The van der Waals surface area contributed by atoms with Gasteiger partial charge >= 0.3 is 0 Å². The molecular formula is C13H10BrN3. The number of pyridine rings is 1. The standard InChI is InChI=1S/C13H10BrN3/c14-8-1-3-10-11(7-17-13(10)5-8)12-4-2-9(15)6-16-12/h1-7,17H,15H2. The molecule has 3 nitrogen and oxygen atoms in total. The number of nitrogens with one attached hydrogen (secondary N) is 1. The van der Waals surface area contributed by atoms with Gasteiger partial charge in [0.15, 0.2) is 0 Å². The van der Waals surface area contributed by atoms with E-state index in [0.29, 0.717) is 5.69 Å². The predicted octanol–water partition coefficient (Wildman–Crippen LogP) is 3.57. The summed E-state index contributed by atoms with van der Waals surface area (Å²) in [4.78, 5) is 7.58. The number of halogens is 1. The number of fused-ring (bicyclic) bond motifs is 1. The van der Waals surface area contributed by atoms with Crippen molar-refractivity contribution in [3.63, 3.8) is 0 Å². The van der Waals surface area contributed by atoms with Gasteiger partial charge in [0.1, 0.15) is 0 Å². The third-order valence-electron chi connectivity index (χ3n) is 2.71. The van der Waals surface area contributed by atoms with Gasteiger partial charge in [-0.1, -0.05) is 22.0 Å². The van der Waals surface area contributed by atoms with Crippen molar-refractivity contribution in [3.05, 3.63) is 47.2 Å². The topological polar surface area (TPSA) is 54.7 Å². The molecule has 2 heterocycles. The van der Waals surface area contributed by atoms with Crippen LogP contribution in [0.15, 0.2) is 47.2 Å². The van der Waals surface area contributed by atoms with Crippen molar-refractivity contribution in [1.29, 1.82) is 0 Å². The van der Waals surface area contributed by atoms with Gasteiger partial charge in [0.2, 0.25) is 0 Å². The summed E-state index contributed by atoms with van der Waals surface area (Å²) >= 11 is 3.46. The lowest BCUT2D eigenvalue weighted by atomic mass is 10.1.